The first-order valence-electron chi connectivity index (χ1n) is 7.34. The van der Waals surface area contributed by atoms with Crippen LogP contribution in [0.2, 0.25) is 0 Å². The minimum Gasteiger partial charge on any atom is -0.330 e. The molecule has 0 fully saturated rings. The molecule has 2 rings (SSSR count). The first-order chi connectivity index (χ1) is 9.24. The highest BCUT2D eigenvalue weighted by Gasteiger charge is 2.05. The van der Waals surface area contributed by atoms with Crippen molar-refractivity contribution in [2.24, 2.45) is 5.73 Å². The van der Waals surface area contributed by atoms with Gasteiger partial charge in [0.25, 0.3) is 0 Å². The van der Waals surface area contributed by atoms with E-state index >= 15 is 0 Å². The van der Waals surface area contributed by atoms with Gasteiger partial charge in [-0.15, -0.1) is 0 Å². The van der Waals surface area contributed by atoms with E-state index in [0.29, 0.717) is 0 Å². The lowest BCUT2D eigenvalue weighted by atomic mass is 9.99. The molecule has 2 nitrogen and oxygen atoms in total. The zero-order valence-electron chi connectivity index (χ0n) is 12.1. The van der Waals surface area contributed by atoms with E-state index in [0.717, 1.165) is 37.0 Å². The fourth-order valence-electron chi connectivity index (χ4n) is 2.53. The number of unbranched alkanes of at least 4 members (excludes halogenated alkanes) is 1. The van der Waals surface area contributed by atoms with Crippen LogP contribution in [-0.2, 0) is 12.8 Å². The second-order valence-electron chi connectivity index (χ2n) is 5.27. The molecule has 0 saturated carbocycles. The van der Waals surface area contributed by atoms with Crippen LogP contribution in [0.4, 0.5) is 0 Å². The highest BCUT2D eigenvalue weighted by atomic mass is 14.7. The summed E-state index contributed by atoms with van der Waals surface area (Å²) in [5, 5.41) is 1.31. The summed E-state index contributed by atoms with van der Waals surface area (Å²) >= 11 is 0. The van der Waals surface area contributed by atoms with Crippen LogP contribution in [0.1, 0.15) is 43.0 Å². The van der Waals surface area contributed by atoms with Crippen molar-refractivity contribution in [3.63, 3.8) is 0 Å². The Balaban J connectivity index is 2.39. The van der Waals surface area contributed by atoms with Crippen LogP contribution >= 0.6 is 0 Å². The van der Waals surface area contributed by atoms with Crippen molar-refractivity contribution < 1.29 is 0 Å². The second-order valence-corrected chi connectivity index (χ2v) is 5.27. The zero-order valence-corrected chi connectivity index (χ0v) is 12.1. The molecule has 19 heavy (non-hydrogen) atoms. The molecule has 0 bridgehead atoms. The van der Waals surface area contributed by atoms with Crippen LogP contribution < -0.4 is 5.73 Å². The molecule has 1 aromatic heterocycles. The average molecular weight is 256 g/mol. The fourth-order valence-corrected chi connectivity index (χ4v) is 2.53. The monoisotopic (exact) mass is 256 g/mol. The third-order valence-corrected chi connectivity index (χ3v) is 3.56. The molecule has 0 radical (unpaired) electrons. The Hall–Kier alpha value is -1.41. The number of hydrogen-bond acceptors (Lipinski definition) is 2. The number of hydrogen-bond donors (Lipinski definition) is 1. The molecule has 0 amide bonds. The molecule has 0 atom stereocenters. The Morgan fingerprint density at radius 3 is 2.68 bits per heavy atom. The van der Waals surface area contributed by atoms with Gasteiger partial charge in [0.05, 0.1) is 5.52 Å². The normalized spacial score (nSPS) is 11.1. The Morgan fingerprint density at radius 1 is 1.11 bits per heavy atom. The smallest absolute Gasteiger partial charge is 0.0708 e. The van der Waals surface area contributed by atoms with Crippen molar-refractivity contribution in [1.82, 2.24) is 4.98 Å². The van der Waals surface area contributed by atoms with Gasteiger partial charge in [0.15, 0.2) is 0 Å². The minimum atomic E-state index is 0.748. The molecule has 2 heteroatoms. The van der Waals surface area contributed by atoms with Crippen molar-refractivity contribution in [2.75, 3.05) is 6.54 Å². The van der Waals surface area contributed by atoms with E-state index in [1.165, 1.54) is 29.4 Å². The van der Waals surface area contributed by atoms with Crippen LogP contribution in [0.15, 0.2) is 24.3 Å². The Labute approximate surface area is 116 Å². The van der Waals surface area contributed by atoms with Gasteiger partial charge >= 0.3 is 0 Å². The van der Waals surface area contributed by atoms with E-state index in [-0.39, 0.29) is 0 Å². The third-order valence-electron chi connectivity index (χ3n) is 3.56. The number of pyridine rings is 1. The summed E-state index contributed by atoms with van der Waals surface area (Å²) in [6, 6.07) is 8.92. The van der Waals surface area contributed by atoms with Crippen molar-refractivity contribution in [3.8, 4) is 0 Å². The highest BCUT2D eigenvalue weighted by molar-refractivity contribution is 5.83. The summed E-state index contributed by atoms with van der Waals surface area (Å²) in [5.74, 6) is 0. The number of benzene rings is 1. The van der Waals surface area contributed by atoms with E-state index in [1.807, 2.05) is 0 Å². The van der Waals surface area contributed by atoms with Gasteiger partial charge < -0.3 is 5.73 Å². The number of aromatic nitrogens is 1. The van der Waals surface area contributed by atoms with Gasteiger partial charge in [-0.3, -0.25) is 4.98 Å². The van der Waals surface area contributed by atoms with Crippen molar-refractivity contribution in [3.05, 3.63) is 41.1 Å². The van der Waals surface area contributed by atoms with Crippen LogP contribution in [0, 0.1) is 6.92 Å². The molecule has 0 unspecified atom stereocenters. The van der Waals surface area contributed by atoms with E-state index in [1.54, 1.807) is 0 Å². The van der Waals surface area contributed by atoms with Crippen molar-refractivity contribution in [2.45, 2.75) is 46.0 Å². The highest BCUT2D eigenvalue weighted by Crippen LogP contribution is 2.22. The van der Waals surface area contributed by atoms with Gasteiger partial charge in [-0.25, -0.2) is 0 Å². The first kappa shape index (κ1) is 14.0. The second kappa shape index (κ2) is 6.67. The number of nitrogens with zero attached hydrogens (tertiary/aromatic N) is 1. The van der Waals surface area contributed by atoms with E-state index < -0.39 is 0 Å². The predicted molar refractivity (Wildman–Crippen MR) is 82.5 cm³/mol. The van der Waals surface area contributed by atoms with E-state index in [2.05, 4.69) is 43.1 Å². The average Bonchev–Trinajstić information content (AvgIpc) is 2.42. The summed E-state index contributed by atoms with van der Waals surface area (Å²) in [5.41, 5.74) is 10.7. The van der Waals surface area contributed by atoms with E-state index in [4.69, 9.17) is 5.73 Å². The molecule has 2 N–H and O–H groups in total. The number of fused-ring (bicyclic) bond motifs is 1. The number of nitrogens with two attached hydrogens (primary N) is 1. The Bertz CT molecular complexity index is 546. The van der Waals surface area contributed by atoms with Gasteiger partial charge in [-0.1, -0.05) is 19.4 Å². The third kappa shape index (κ3) is 3.54. The maximum atomic E-state index is 5.64. The molecule has 0 aliphatic carbocycles. The van der Waals surface area contributed by atoms with Gasteiger partial charge in [0.2, 0.25) is 0 Å². The molecule has 1 aromatic carbocycles. The molecule has 0 aliphatic rings. The fraction of sp³-hybridized carbons (Fsp3) is 0.471. The minimum absolute atomic E-state index is 0.748. The van der Waals surface area contributed by atoms with Crippen LogP contribution in [0.3, 0.4) is 0 Å². The molecule has 0 saturated heterocycles. The van der Waals surface area contributed by atoms with Gasteiger partial charge in [0.1, 0.15) is 0 Å². The first-order valence-corrected chi connectivity index (χ1v) is 7.34. The zero-order chi connectivity index (χ0) is 13.7. The number of rotatable bonds is 6. The van der Waals surface area contributed by atoms with Crippen LogP contribution in [0.25, 0.3) is 10.9 Å². The lowest BCUT2D eigenvalue weighted by molar-refractivity contribution is 0.795. The summed E-state index contributed by atoms with van der Waals surface area (Å²) in [6.07, 6.45) is 5.75. The standard InChI is InChI=1S/C17H24N2/c1-3-4-6-14-8-9-17-16(12-14)15(7-5-10-18)11-13(2)19-17/h8-9,11-12H,3-7,10,18H2,1-2H3. The van der Waals surface area contributed by atoms with Crippen molar-refractivity contribution >= 4 is 10.9 Å². The predicted octanol–water partition coefficient (Wildman–Crippen LogP) is 3.78. The maximum absolute atomic E-state index is 5.64. The largest absolute Gasteiger partial charge is 0.330 e. The number of aryl methyl sites for hydroxylation is 3. The molecule has 0 aliphatic heterocycles. The lowest BCUT2D eigenvalue weighted by Gasteiger charge is -2.09. The quantitative estimate of drug-likeness (QED) is 0.854. The van der Waals surface area contributed by atoms with E-state index in [9.17, 15) is 0 Å². The lowest BCUT2D eigenvalue weighted by Crippen LogP contribution is -2.02. The molecule has 102 valence electrons. The molecule has 0 spiro atoms. The Morgan fingerprint density at radius 2 is 1.95 bits per heavy atom. The summed E-state index contributed by atoms with van der Waals surface area (Å²) in [7, 11) is 0. The maximum Gasteiger partial charge on any atom is 0.0708 e. The van der Waals surface area contributed by atoms with Crippen LogP contribution in [0.5, 0.6) is 0 Å². The van der Waals surface area contributed by atoms with Gasteiger partial charge in [-0.2, -0.15) is 0 Å². The van der Waals surface area contributed by atoms with Gasteiger partial charge in [0, 0.05) is 11.1 Å². The summed E-state index contributed by atoms with van der Waals surface area (Å²) in [6.45, 7) is 5.05. The topological polar surface area (TPSA) is 38.9 Å². The SMILES string of the molecule is CCCCc1ccc2nc(C)cc(CCCN)c2c1. The summed E-state index contributed by atoms with van der Waals surface area (Å²) < 4.78 is 0. The summed E-state index contributed by atoms with van der Waals surface area (Å²) in [4.78, 5) is 4.63. The molecule has 2 aromatic rings. The molecular formula is C17H24N2. The van der Waals surface area contributed by atoms with Gasteiger partial charge in [-0.05, 0) is 68.5 Å². The molecular weight excluding hydrogens is 232 g/mol. The molecule has 1 heterocycles. The van der Waals surface area contributed by atoms with Crippen LogP contribution in [-0.4, -0.2) is 11.5 Å². The Kier molecular flexibility index (Phi) is 4.92. The van der Waals surface area contributed by atoms with Crippen molar-refractivity contribution in [1.29, 1.82) is 0 Å².